The van der Waals surface area contributed by atoms with Crippen molar-refractivity contribution in [2.75, 3.05) is 13.1 Å². The first-order valence-electron chi connectivity index (χ1n) is 6.26. The van der Waals surface area contributed by atoms with Crippen molar-refractivity contribution in [2.24, 2.45) is 0 Å². The van der Waals surface area contributed by atoms with Crippen LogP contribution in [0.1, 0.15) is 45.4 Å². The molecule has 2 fully saturated rings. The van der Waals surface area contributed by atoms with Gasteiger partial charge in [-0.3, -0.25) is 4.79 Å². The van der Waals surface area contributed by atoms with E-state index in [1.54, 1.807) is 0 Å². The van der Waals surface area contributed by atoms with Gasteiger partial charge in [-0.05, 0) is 19.8 Å². The van der Waals surface area contributed by atoms with Crippen molar-refractivity contribution in [1.29, 1.82) is 0 Å². The second-order valence-corrected chi connectivity index (χ2v) is 5.70. The predicted molar refractivity (Wildman–Crippen MR) is 62.5 cm³/mol. The predicted octanol–water partition coefficient (Wildman–Crippen LogP) is 1.12. The third kappa shape index (κ3) is 2.55. The van der Waals surface area contributed by atoms with E-state index in [1.807, 2.05) is 0 Å². The summed E-state index contributed by atoms with van der Waals surface area (Å²) in [4.78, 5) is 10.9. The molecule has 4 nitrogen and oxygen atoms in total. The molecule has 0 aromatic rings. The van der Waals surface area contributed by atoms with Gasteiger partial charge in [0.2, 0.25) is 0 Å². The zero-order valence-corrected chi connectivity index (χ0v) is 10.0. The Hall–Kier alpha value is -0.610. The minimum Gasteiger partial charge on any atom is -0.481 e. The van der Waals surface area contributed by atoms with Crippen LogP contribution in [0.4, 0.5) is 0 Å². The van der Waals surface area contributed by atoms with Crippen LogP contribution in [0.5, 0.6) is 0 Å². The average molecular weight is 226 g/mol. The van der Waals surface area contributed by atoms with Crippen LogP contribution in [-0.2, 0) is 4.79 Å². The van der Waals surface area contributed by atoms with Crippen LogP contribution in [0.15, 0.2) is 0 Å². The largest absolute Gasteiger partial charge is 0.481 e. The van der Waals surface area contributed by atoms with Crippen LogP contribution in [-0.4, -0.2) is 35.2 Å². The number of carboxylic acids is 1. The van der Waals surface area contributed by atoms with E-state index in [-0.39, 0.29) is 17.5 Å². The molecular formula is C12H22N2O2. The molecule has 0 unspecified atom stereocenters. The molecule has 1 heterocycles. The second-order valence-electron chi connectivity index (χ2n) is 5.70. The fraction of sp³-hybridized carbons (Fsp3) is 0.917. The lowest BCUT2D eigenvalue weighted by Gasteiger charge is -2.50. The molecule has 1 aliphatic heterocycles. The number of hydrogen-bond donors (Lipinski definition) is 3. The standard InChI is InChI=1S/C12H22N2O2/c1-11(5-3-2-4-6-11)14-12(7-10(15)16)8-13-9-12/h13-14H,2-9H2,1H3,(H,15,16). The lowest BCUT2D eigenvalue weighted by Crippen LogP contribution is -2.72. The first kappa shape index (κ1) is 11.9. The fourth-order valence-corrected chi connectivity index (χ4v) is 3.07. The molecular weight excluding hydrogens is 204 g/mol. The van der Waals surface area contributed by atoms with Crippen molar-refractivity contribution in [3.8, 4) is 0 Å². The van der Waals surface area contributed by atoms with E-state index in [4.69, 9.17) is 5.11 Å². The summed E-state index contributed by atoms with van der Waals surface area (Å²) < 4.78 is 0. The first-order chi connectivity index (χ1) is 7.54. The summed E-state index contributed by atoms with van der Waals surface area (Å²) in [5, 5.41) is 15.8. The summed E-state index contributed by atoms with van der Waals surface area (Å²) in [6.45, 7) is 3.82. The Morgan fingerprint density at radius 1 is 1.31 bits per heavy atom. The van der Waals surface area contributed by atoms with Gasteiger partial charge in [-0.15, -0.1) is 0 Å². The molecule has 1 saturated carbocycles. The molecule has 3 N–H and O–H groups in total. The number of aliphatic carboxylic acids is 1. The molecule has 0 spiro atoms. The second kappa shape index (κ2) is 4.34. The number of carbonyl (C=O) groups is 1. The molecule has 0 aromatic heterocycles. The molecule has 2 aliphatic rings. The first-order valence-corrected chi connectivity index (χ1v) is 6.26. The Morgan fingerprint density at radius 2 is 1.94 bits per heavy atom. The zero-order chi connectivity index (χ0) is 11.6. The van der Waals surface area contributed by atoms with E-state index < -0.39 is 5.97 Å². The maximum absolute atomic E-state index is 10.9. The van der Waals surface area contributed by atoms with Crippen LogP contribution >= 0.6 is 0 Å². The van der Waals surface area contributed by atoms with Gasteiger partial charge < -0.3 is 15.7 Å². The van der Waals surface area contributed by atoms with Gasteiger partial charge in [-0.1, -0.05) is 19.3 Å². The van der Waals surface area contributed by atoms with E-state index in [0.717, 1.165) is 13.1 Å². The fourth-order valence-electron chi connectivity index (χ4n) is 3.07. The maximum atomic E-state index is 10.9. The summed E-state index contributed by atoms with van der Waals surface area (Å²) in [5.74, 6) is -0.701. The van der Waals surface area contributed by atoms with Crippen molar-refractivity contribution >= 4 is 5.97 Å². The maximum Gasteiger partial charge on any atom is 0.305 e. The summed E-state index contributed by atoms with van der Waals surface area (Å²) >= 11 is 0. The molecule has 0 radical (unpaired) electrons. The minimum atomic E-state index is -0.701. The molecule has 1 aliphatic carbocycles. The SMILES string of the molecule is CC1(NC2(CC(=O)O)CNC2)CCCCC1. The van der Waals surface area contributed by atoms with Gasteiger partial charge in [0.15, 0.2) is 0 Å². The molecule has 4 heteroatoms. The minimum absolute atomic E-state index is 0.149. The highest BCUT2D eigenvalue weighted by molar-refractivity contribution is 5.69. The molecule has 92 valence electrons. The highest BCUT2D eigenvalue weighted by Crippen LogP contribution is 2.31. The van der Waals surface area contributed by atoms with E-state index in [2.05, 4.69) is 17.6 Å². The number of nitrogens with one attached hydrogen (secondary N) is 2. The number of carboxylic acid groups (broad SMARTS) is 1. The van der Waals surface area contributed by atoms with Gasteiger partial charge in [-0.2, -0.15) is 0 Å². The molecule has 0 aromatic carbocycles. The van der Waals surface area contributed by atoms with Gasteiger partial charge in [0, 0.05) is 18.6 Å². The van der Waals surface area contributed by atoms with E-state index >= 15 is 0 Å². The summed E-state index contributed by atoms with van der Waals surface area (Å²) in [5.41, 5.74) is -0.0479. The molecule has 2 rings (SSSR count). The van der Waals surface area contributed by atoms with Gasteiger partial charge in [-0.25, -0.2) is 0 Å². The quantitative estimate of drug-likeness (QED) is 0.672. The van der Waals surface area contributed by atoms with Gasteiger partial charge in [0.05, 0.1) is 12.0 Å². The van der Waals surface area contributed by atoms with Crippen LogP contribution in [0, 0.1) is 0 Å². The van der Waals surface area contributed by atoms with Crippen LogP contribution in [0.2, 0.25) is 0 Å². The van der Waals surface area contributed by atoms with Crippen molar-refractivity contribution < 1.29 is 9.90 Å². The third-order valence-corrected chi connectivity index (χ3v) is 3.94. The topological polar surface area (TPSA) is 61.4 Å². The average Bonchev–Trinajstić information content (AvgIpc) is 2.14. The van der Waals surface area contributed by atoms with Gasteiger partial charge in [0.25, 0.3) is 0 Å². The van der Waals surface area contributed by atoms with E-state index in [1.165, 1.54) is 32.1 Å². The Labute approximate surface area is 96.8 Å². The highest BCUT2D eigenvalue weighted by Gasteiger charge is 2.43. The lowest BCUT2D eigenvalue weighted by molar-refractivity contribution is -0.139. The van der Waals surface area contributed by atoms with Crippen LogP contribution in [0.25, 0.3) is 0 Å². The van der Waals surface area contributed by atoms with Crippen molar-refractivity contribution in [3.63, 3.8) is 0 Å². The van der Waals surface area contributed by atoms with Crippen molar-refractivity contribution in [3.05, 3.63) is 0 Å². The van der Waals surface area contributed by atoms with Gasteiger partial charge >= 0.3 is 5.97 Å². The Balaban J connectivity index is 1.97. The van der Waals surface area contributed by atoms with Crippen molar-refractivity contribution in [2.45, 2.75) is 56.5 Å². The molecule has 0 atom stereocenters. The highest BCUT2D eigenvalue weighted by atomic mass is 16.4. The molecule has 16 heavy (non-hydrogen) atoms. The summed E-state index contributed by atoms with van der Waals surface area (Å²) in [6, 6.07) is 0. The summed E-state index contributed by atoms with van der Waals surface area (Å²) in [7, 11) is 0. The normalized spacial score (nSPS) is 27.1. The van der Waals surface area contributed by atoms with Crippen LogP contribution in [0.3, 0.4) is 0 Å². The number of hydrogen-bond acceptors (Lipinski definition) is 3. The smallest absolute Gasteiger partial charge is 0.305 e. The van der Waals surface area contributed by atoms with E-state index in [9.17, 15) is 4.79 Å². The third-order valence-electron chi connectivity index (χ3n) is 3.94. The number of rotatable bonds is 4. The van der Waals surface area contributed by atoms with Crippen molar-refractivity contribution in [1.82, 2.24) is 10.6 Å². The molecule has 0 bridgehead atoms. The summed E-state index contributed by atoms with van der Waals surface area (Å²) in [6.07, 6.45) is 6.43. The van der Waals surface area contributed by atoms with Crippen LogP contribution < -0.4 is 10.6 Å². The Morgan fingerprint density at radius 3 is 2.38 bits per heavy atom. The van der Waals surface area contributed by atoms with Gasteiger partial charge in [0.1, 0.15) is 0 Å². The molecule has 0 amide bonds. The Bertz CT molecular complexity index is 268. The van der Waals surface area contributed by atoms with E-state index in [0.29, 0.717) is 0 Å². The zero-order valence-electron chi connectivity index (χ0n) is 10.0. The molecule has 1 saturated heterocycles. The lowest BCUT2D eigenvalue weighted by atomic mass is 9.78. The Kier molecular flexibility index (Phi) is 3.22. The monoisotopic (exact) mass is 226 g/mol.